The van der Waals surface area contributed by atoms with E-state index in [0.29, 0.717) is 36.8 Å². The first kappa shape index (κ1) is 13.8. The number of nitrogens with one attached hydrogen (secondary N) is 1. The van der Waals surface area contributed by atoms with Gasteiger partial charge in [0, 0.05) is 12.6 Å². The minimum Gasteiger partial charge on any atom is -0.376 e. The number of anilines is 1. The third-order valence-electron chi connectivity index (χ3n) is 3.34. The lowest BCUT2D eigenvalue weighted by molar-refractivity contribution is 0.0313. The molecule has 1 aromatic rings. The zero-order chi connectivity index (χ0) is 13.5. The summed E-state index contributed by atoms with van der Waals surface area (Å²) >= 11 is 0. The van der Waals surface area contributed by atoms with Gasteiger partial charge in [0.2, 0.25) is 0 Å². The molecule has 1 aromatic heterocycles. The third-order valence-corrected chi connectivity index (χ3v) is 3.34. The van der Waals surface area contributed by atoms with Crippen molar-refractivity contribution in [3.8, 4) is 6.07 Å². The van der Waals surface area contributed by atoms with E-state index in [-0.39, 0.29) is 0 Å². The fourth-order valence-corrected chi connectivity index (χ4v) is 2.26. The molecule has 5 heteroatoms. The first-order valence-corrected chi connectivity index (χ1v) is 6.76. The highest BCUT2D eigenvalue weighted by molar-refractivity contribution is 5.38. The van der Waals surface area contributed by atoms with Gasteiger partial charge >= 0.3 is 0 Å². The molecule has 0 spiro atoms. The lowest BCUT2D eigenvalue weighted by atomic mass is 9.94. The number of rotatable bonds is 5. The SMILES string of the molecule is N#Cc1cccc(NCCOC2CCC(N)CC2)n1. The van der Waals surface area contributed by atoms with Gasteiger partial charge < -0.3 is 15.8 Å². The number of ether oxygens (including phenoxy) is 1. The van der Waals surface area contributed by atoms with Crippen molar-refractivity contribution in [2.45, 2.75) is 37.8 Å². The normalized spacial score (nSPS) is 22.7. The summed E-state index contributed by atoms with van der Waals surface area (Å²) in [4.78, 5) is 4.14. The van der Waals surface area contributed by atoms with Gasteiger partial charge in [-0.15, -0.1) is 0 Å². The van der Waals surface area contributed by atoms with E-state index in [4.69, 9.17) is 15.7 Å². The second-order valence-corrected chi connectivity index (χ2v) is 4.85. The number of hydrogen-bond acceptors (Lipinski definition) is 5. The zero-order valence-corrected chi connectivity index (χ0v) is 11.0. The Morgan fingerprint density at radius 3 is 2.89 bits per heavy atom. The average Bonchev–Trinajstić information content (AvgIpc) is 2.46. The number of nitrogens with zero attached hydrogens (tertiary/aromatic N) is 2. The van der Waals surface area contributed by atoms with Gasteiger partial charge in [-0.05, 0) is 37.8 Å². The van der Waals surface area contributed by atoms with Crippen LogP contribution in [0.5, 0.6) is 0 Å². The Bertz CT molecular complexity index is 435. The highest BCUT2D eigenvalue weighted by atomic mass is 16.5. The van der Waals surface area contributed by atoms with Crippen LogP contribution >= 0.6 is 0 Å². The Labute approximate surface area is 113 Å². The standard InChI is InChI=1S/C14H20N4O/c15-10-12-2-1-3-14(18-12)17-8-9-19-13-6-4-11(16)5-7-13/h1-3,11,13H,4-9,16H2,(H,17,18). The summed E-state index contributed by atoms with van der Waals surface area (Å²) in [7, 11) is 0. The molecule has 5 nitrogen and oxygen atoms in total. The molecule has 1 fully saturated rings. The minimum absolute atomic E-state index is 0.347. The van der Waals surface area contributed by atoms with Crippen LogP contribution in [-0.2, 0) is 4.74 Å². The highest BCUT2D eigenvalue weighted by Gasteiger charge is 2.18. The van der Waals surface area contributed by atoms with Crippen molar-refractivity contribution in [2.24, 2.45) is 5.73 Å². The molecule has 0 radical (unpaired) electrons. The van der Waals surface area contributed by atoms with Crippen LogP contribution in [0.4, 0.5) is 5.82 Å². The van der Waals surface area contributed by atoms with E-state index in [0.717, 1.165) is 25.7 Å². The van der Waals surface area contributed by atoms with Crippen molar-refractivity contribution in [3.63, 3.8) is 0 Å². The van der Waals surface area contributed by atoms with E-state index < -0.39 is 0 Å². The van der Waals surface area contributed by atoms with Gasteiger partial charge in [0.15, 0.2) is 0 Å². The van der Waals surface area contributed by atoms with Crippen LogP contribution in [0.1, 0.15) is 31.4 Å². The van der Waals surface area contributed by atoms with Gasteiger partial charge in [0.05, 0.1) is 12.7 Å². The minimum atomic E-state index is 0.347. The molecule has 19 heavy (non-hydrogen) atoms. The van der Waals surface area contributed by atoms with E-state index >= 15 is 0 Å². The molecule has 0 unspecified atom stereocenters. The summed E-state index contributed by atoms with van der Waals surface area (Å²) < 4.78 is 5.80. The molecule has 0 amide bonds. The highest BCUT2D eigenvalue weighted by Crippen LogP contribution is 2.19. The quantitative estimate of drug-likeness (QED) is 0.786. The molecule has 3 N–H and O–H groups in total. The Kier molecular flexibility index (Phi) is 5.13. The molecule has 1 aliphatic rings. The largest absolute Gasteiger partial charge is 0.376 e. The number of hydrogen-bond donors (Lipinski definition) is 2. The van der Waals surface area contributed by atoms with E-state index in [9.17, 15) is 0 Å². The van der Waals surface area contributed by atoms with Gasteiger partial charge in [-0.1, -0.05) is 6.07 Å². The van der Waals surface area contributed by atoms with E-state index in [1.165, 1.54) is 0 Å². The van der Waals surface area contributed by atoms with Crippen LogP contribution in [-0.4, -0.2) is 30.3 Å². The molecule has 1 saturated carbocycles. The molecule has 2 rings (SSSR count). The molecule has 0 aliphatic heterocycles. The molecule has 0 aromatic carbocycles. The van der Waals surface area contributed by atoms with Crippen LogP contribution in [0, 0.1) is 11.3 Å². The summed E-state index contributed by atoms with van der Waals surface area (Å²) in [5.41, 5.74) is 6.28. The molecular formula is C14H20N4O. The lowest BCUT2D eigenvalue weighted by Gasteiger charge is -2.26. The maximum Gasteiger partial charge on any atom is 0.142 e. The van der Waals surface area contributed by atoms with Crippen molar-refractivity contribution in [2.75, 3.05) is 18.5 Å². The van der Waals surface area contributed by atoms with Crippen LogP contribution in [0.15, 0.2) is 18.2 Å². The predicted octanol–water partition coefficient (Wildman–Crippen LogP) is 1.65. The Hall–Kier alpha value is -1.64. The summed E-state index contributed by atoms with van der Waals surface area (Å²) in [5.74, 6) is 0.716. The van der Waals surface area contributed by atoms with Crippen LogP contribution in [0.25, 0.3) is 0 Å². The monoisotopic (exact) mass is 260 g/mol. The summed E-state index contributed by atoms with van der Waals surface area (Å²) in [6, 6.07) is 7.73. The maximum atomic E-state index is 8.75. The van der Waals surface area contributed by atoms with E-state index in [1.807, 2.05) is 18.2 Å². The lowest BCUT2D eigenvalue weighted by Crippen LogP contribution is -2.31. The molecule has 0 bridgehead atoms. The molecule has 1 aliphatic carbocycles. The van der Waals surface area contributed by atoms with E-state index in [2.05, 4.69) is 10.3 Å². The van der Waals surface area contributed by atoms with Crippen molar-refractivity contribution >= 4 is 5.82 Å². The third kappa shape index (κ3) is 4.51. The van der Waals surface area contributed by atoms with Crippen LogP contribution in [0.3, 0.4) is 0 Å². The number of aromatic nitrogens is 1. The molecular weight excluding hydrogens is 240 g/mol. The van der Waals surface area contributed by atoms with E-state index in [1.54, 1.807) is 6.07 Å². The second-order valence-electron chi connectivity index (χ2n) is 4.85. The first-order chi connectivity index (χ1) is 9.28. The number of pyridine rings is 1. The Morgan fingerprint density at radius 1 is 1.37 bits per heavy atom. The fraction of sp³-hybridized carbons (Fsp3) is 0.571. The average molecular weight is 260 g/mol. The smallest absolute Gasteiger partial charge is 0.142 e. The zero-order valence-electron chi connectivity index (χ0n) is 11.0. The Balaban J connectivity index is 1.65. The molecule has 102 valence electrons. The van der Waals surface area contributed by atoms with Crippen molar-refractivity contribution < 1.29 is 4.74 Å². The summed E-state index contributed by atoms with van der Waals surface area (Å²) in [6.45, 7) is 1.35. The van der Waals surface area contributed by atoms with Crippen molar-refractivity contribution in [3.05, 3.63) is 23.9 Å². The molecule has 0 saturated heterocycles. The van der Waals surface area contributed by atoms with Crippen molar-refractivity contribution in [1.82, 2.24) is 4.98 Å². The van der Waals surface area contributed by atoms with Gasteiger partial charge in [0.1, 0.15) is 17.6 Å². The number of nitriles is 1. The maximum absolute atomic E-state index is 8.75. The van der Waals surface area contributed by atoms with Crippen molar-refractivity contribution in [1.29, 1.82) is 5.26 Å². The first-order valence-electron chi connectivity index (χ1n) is 6.76. The van der Waals surface area contributed by atoms with Gasteiger partial charge in [-0.3, -0.25) is 0 Å². The van der Waals surface area contributed by atoms with Gasteiger partial charge in [0.25, 0.3) is 0 Å². The Morgan fingerprint density at radius 2 is 2.16 bits per heavy atom. The molecule has 0 atom stereocenters. The number of nitrogens with two attached hydrogens (primary N) is 1. The topological polar surface area (TPSA) is 84.0 Å². The van der Waals surface area contributed by atoms with Gasteiger partial charge in [-0.25, -0.2) is 4.98 Å². The summed E-state index contributed by atoms with van der Waals surface area (Å²) in [6.07, 6.45) is 4.58. The molecule has 1 heterocycles. The second kappa shape index (κ2) is 7.07. The van der Waals surface area contributed by atoms with Crippen LogP contribution < -0.4 is 11.1 Å². The fourth-order valence-electron chi connectivity index (χ4n) is 2.26. The summed E-state index contributed by atoms with van der Waals surface area (Å²) in [5, 5.41) is 11.9. The predicted molar refractivity (Wildman–Crippen MR) is 73.6 cm³/mol. The van der Waals surface area contributed by atoms with Gasteiger partial charge in [-0.2, -0.15) is 5.26 Å². The van der Waals surface area contributed by atoms with Crippen LogP contribution in [0.2, 0.25) is 0 Å².